The van der Waals surface area contributed by atoms with Crippen LogP contribution in [0.2, 0.25) is 5.02 Å². The number of thiophene rings is 1. The fourth-order valence-electron chi connectivity index (χ4n) is 1.97. The molecule has 0 bridgehead atoms. The number of carbonyl (C=O) groups is 2. The number of nitrogens with two attached hydrogens (primary N) is 1. The molecule has 1 aromatic heterocycles. The molecule has 2 rings (SSSR count). The summed E-state index contributed by atoms with van der Waals surface area (Å²) in [5, 5.41) is 2.30. The molecule has 1 heterocycles. The number of halogens is 1. The lowest BCUT2D eigenvalue weighted by molar-refractivity contribution is -0.134. The summed E-state index contributed by atoms with van der Waals surface area (Å²) in [7, 11) is 0. The lowest BCUT2D eigenvalue weighted by Crippen LogP contribution is -2.34. The van der Waals surface area contributed by atoms with Crippen molar-refractivity contribution in [3.63, 3.8) is 0 Å². The Hall–Kier alpha value is -2.31. The van der Waals surface area contributed by atoms with E-state index in [1.54, 1.807) is 22.3 Å². The van der Waals surface area contributed by atoms with E-state index in [9.17, 15) is 9.59 Å². The Morgan fingerprint density at radius 1 is 1.38 bits per heavy atom. The van der Waals surface area contributed by atoms with E-state index < -0.39 is 5.97 Å². The van der Waals surface area contributed by atoms with Crippen LogP contribution in [-0.2, 0) is 16.1 Å². The first-order valence-corrected chi connectivity index (χ1v) is 8.40. The molecule has 0 fully saturated rings. The molecule has 2 aromatic rings. The summed E-state index contributed by atoms with van der Waals surface area (Å²) in [6, 6.07) is 8.29. The number of nitrogens with zero attached hydrogens (tertiary/aromatic N) is 1. The highest BCUT2D eigenvalue weighted by molar-refractivity contribution is 7.09. The van der Waals surface area contributed by atoms with Gasteiger partial charge >= 0.3 is 5.97 Å². The van der Waals surface area contributed by atoms with Crippen molar-refractivity contribution in [1.82, 2.24) is 4.90 Å². The van der Waals surface area contributed by atoms with Crippen LogP contribution in [0, 0.1) is 0 Å². The highest BCUT2D eigenvalue weighted by atomic mass is 35.5. The zero-order valence-electron chi connectivity index (χ0n) is 12.9. The summed E-state index contributed by atoms with van der Waals surface area (Å²) in [6.45, 7) is 4.13. The van der Waals surface area contributed by atoms with Crippen molar-refractivity contribution in [3.05, 3.63) is 63.8 Å². The molecule has 7 heteroatoms. The average molecular weight is 365 g/mol. The van der Waals surface area contributed by atoms with Gasteiger partial charge in [0.05, 0.1) is 22.8 Å². The van der Waals surface area contributed by atoms with Crippen molar-refractivity contribution in [2.45, 2.75) is 6.54 Å². The Labute approximate surface area is 149 Å². The number of amides is 1. The Bertz CT molecular complexity index is 731. The molecule has 0 aliphatic heterocycles. The number of benzene rings is 1. The van der Waals surface area contributed by atoms with Crippen LogP contribution >= 0.6 is 22.9 Å². The Kier molecular flexibility index (Phi) is 6.40. The fraction of sp³-hybridized carbons (Fsp3) is 0.176. The summed E-state index contributed by atoms with van der Waals surface area (Å²) < 4.78 is 5.07. The Balaban J connectivity index is 1.95. The second-order valence-electron chi connectivity index (χ2n) is 4.95. The first-order valence-electron chi connectivity index (χ1n) is 7.14. The number of carbonyl (C=O) groups excluding carboxylic acids is 2. The summed E-state index contributed by atoms with van der Waals surface area (Å²) in [5.74, 6) is -0.917. The van der Waals surface area contributed by atoms with Gasteiger partial charge in [0.25, 0.3) is 5.91 Å². The third-order valence-electron chi connectivity index (χ3n) is 3.19. The molecule has 0 unspecified atom stereocenters. The highest BCUT2D eigenvalue weighted by Crippen LogP contribution is 2.20. The fourth-order valence-corrected chi connectivity index (χ4v) is 2.81. The lowest BCUT2D eigenvalue weighted by Gasteiger charge is -2.20. The van der Waals surface area contributed by atoms with E-state index in [0.717, 1.165) is 4.88 Å². The van der Waals surface area contributed by atoms with E-state index in [2.05, 4.69) is 6.58 Å². The molecule has 0 saturated carbocycles. The topological polar surface area (TPSA) is 72.6 Å². The SMILES string of the molecule is C=CCN(Cc1cccs1)C(=O)COC(=O)c1ccc(Cl)c(N)c1. The largest absolute Gasteiger partial charge is 0.452 e. The van der Waals surface area contributed by atoms with Crippen LogP contribution < -0.4 is 5.73 Å². The van der Waals surface area contributed by atoms with E-state index in [-0.39, 0.29) is 23.8 Å². The summed E-state index contributed by atoms with van der Waals surface area (Å²) in [6.07, 6.45) is 1.63. The molecule has 2 N–H and O–H groups in total. The molecule has 1 amide bonds. The molecule has 0 atom stereocenters. The van der Waals surface area contributed by atoms with Crippen LogP contribution in [0.25, 0.3) is 0 Å². The number of nitrogen functional groups attached to an aromatic ring is 1. The third-order valence-corrected chi connectivity index (χ3v) is 4.39. The van der Waals surface area contributed by atoms with Crippen LogP contribution in [0.3, 0.4) is 0 Å². The van der Waals surface area contributed by atoms with Crippen LogP contribution in [0.1, 0.15) is 15.2 Å². The molecule has 0 aliphatic rings. The van der Waals surface area contributed by atoms with Crippen LogP contribution in [0.15, 0.2) is 48.4 Å². The summed E-state index contributed by atoms with van der Waals surface area (Å²) in [4.78, 5) is 26.9. The number of rotatable bonds is 7. The Morgan fingerprint density at radius 2 is 2.17 bits per heavy atom. The lowest BCUT2D eigenvalue weighted by atomic mass is 10.2. The van der Waals surface area contributed by atoms with Gasteiger partial charge in [-0.15, -0.1) is 17.9 Å². The molecule has 0 saturated heterocycles. The zero-order valence-corrected chi connectivity index (χ0v) is 14.5. The van der Waals surface area contributed by atoms with E-state index in [1.165, 1.54) is 18.2 Å². The third kappa shape index (κ3) is 4.84. The van der Waals surface area contributed by atoms with Gasteiger partial charge in [0.15, 0.2) is 6.61 Å². The van der Waals surface area contributed by atoms with Crippen molar-refractivity contribution in [1.29, 1.82) is 0 Å². The molecule has 5 nitrogen and oxygen atoms in total. The molecule has 0 spiro atoms. The second kappa shape index (κ2) is 8.52. The maximum atomic E-state index is 12.3. The second-order valence-corrected chi connectivity index (χ2v) is 6.39. The van der Waals surface area contributed by atoms with Gasteiger partial charge in [0.2, 0.25) is 0 Å². The van der Waals surface area contributed by atoms with Crippen molar-refractivity contribution < 1.29 is 14.3 Å². The first-order chi connectivity index (χ1) is 11.5. The van der Waals surface area contributed by atoms with Gasteiger partial charge in [0.1, 0.15) is 0 Å². The molecule has 126 valence electrons. The monoisotopic (exact) mass is 364 g/mol. The molecular weight excluding hydrogens is 348 g/mol. The number of ether oxygens (including phenoxy) is 1. The normalized spacial score (nSPS) is 10.2. The number of hydrogen-bond acceptors (Lipinski definition) is 5. The van der Waals surface area contributed by atoms with Crippen molar-refractivity contribution in [2.75, 3.05) is 18.9 Å². The van der Waals surface area contributed by atoms with Gasteiger partial charge in [-0.1, -0.05) is 23.7 Å². The number of esters is 1. The first kappa shape index (κ1) is 18.0. The molecular formula is C17H17ClN2O3S. The molecule has 0 radical (unpaired) electrons. The van der Waals surface area contributed by atoms with E-state index in [0.29, 0.717) is 18.1 Å². The zero-order chi connectivity index (χ0) is 17.5. The summed E-state index contributed by atoms with van der Waals surface area (Å²) >= 11 is 7.37. The number of hydrogen-bond donors (Lipinski definition) is 1. The smallest absolute Gasteiger partial charge is 0.338 e. The quantitative estimate of drug-likeness (QED) is 0.464. The van der Waals surface area contributed by atoms with Gasteiger partial charge < -0.3 is 15.4 Å². The van der Waals surface area contributed by atoms with Crippen molar-refractivity contribution >= 4 is 40.5 Å². The van der Waals surface area contributed by atoms with Gasteiger partial charge in [0, 0.05) is 11.4 Å². The van der Waals surface area contributed by atoms with Crippen molar-refractivity contribution in [3.8, 4) is 0 Å². The van der Waals surface area contributed by atoms with Gasteiger partial charge in [-0.05, 0) is 29.6 Å². The molecule has 1 aromatic carbocycles. The molecule has 24 heavy (non-hydrogen) atoms. The minimum atomic E-state index is -0.624. The van der Waals surface area contributed by atoms with E-state index in [4.69, 9.17) is 22.1 Å². The van der Waals surface area contributed by atoms with Gasteiger partial charge in [-0.3, -0.25) is 4.79 Å². The van der Waals surface area contributed by atoms with Gasteiger partial charge in [-0.2, -0.15) is 0 Å². The van der Waals surface area contributed by atoms with Crippen LogP contribution in [0.5, 0.6) is 0 Å². The predicted octanol–water partition coefficient (Wildman–Crippen LogP) is 3.36. The maximum absolute atomic E-state index is 12.3. The van der Waals surface area contributed by atoms with Crippen molar-refractivity contribution in [2.24, 2.45) is 0 Å². The predicted molar refractivity (Wildman–Crippen MR) is 96.1 cm³/mol. The summed E-state index contributed by atoms with van der Waals surface area (Å²) in [5.41, 5.74) is 6.18. The highest BCUT2D eigenvalue weighted by Gasteiger charge is 2.17. The maximum Gasteiger partial charge on any atom is 0.338 e. The standard InChI is InChI=1S/C17H17ClN2O3S/c1-2-7-20(10-13-4-3-8-24-13)16(21)11-23-17(22)12-5-6-14(18)15(19)9-12/h2-6,8-9H,1,7,10-11,19H2. The van der Waals surface area contributed by atoms with E-state index >= 15 is 0 Å². The minimum absolute atomic E-state index is 0.248. The molecule has 0 aliphatic carbocycles. The van der Waals surface area contributed by atoms with Gasteiger partial charge in [-0.25, -0.2) is 4.79 Å². The minimum Gasteiger partial charge on any atom is -0.452 e. The Morgan fingerprint density at radius 3 is 2.79 bits per heavy atom. The van der Waals surface area contributed by atoms with Crippen LogP contribution in [-0.4, -0.2) is 29.9 Å². The number of anilines is 1. The average Bonchev–Trinajstić information content (AvgIpc) is 3.07. The van der Waals surface area contributed by atoms with E-state index in [1.807, 2.05) is 17.5 Å². The van der Waals surface area contributed by atoms with Crippen LogP contribution in [0.4, 0.5) is 5.69 Å².